The number of benzene rings is 1. The highest BCUT2D eigenvalue weighted by molar-refractivity contribution is 5.56. The predicted molar refractivity (Wildman–Crippen MR) is 79.3 cm³/mol. The Bertz CT molecular complexity index is 387. The van der Waals surface area contributed by atoms with Crippen molar-refractivity contribution >= 4 is 5.69 Å². The van der Waals surface area contributed by atoms with Gasteiger partial charge < -0.3 is 10.2 Å². The predicted octanol–water partition coefficient (Wildman–Crippen LogP) is 3.32. The van der Waals surface area contributed by atoms with Crippen LogP contribution in [0.4, 0.5) is 5.69 Å². The van der Waals surface area contributed by atoms with Gasteiger partial charge in [-0.25, -0.2) is 0 Å². The maximum absolute atomic E-state index is 3.42. The fourth-order valence-electron chi connectivity index (χ4n) is 2.61. The smallest absolute Gasteiger partial charge is 0.0373 e. The van der Waals surface area contributed by atoms with Crippen LogP contribution in [0.25, 0.3) is 0 Å². The van der Waals surface area contributed by atoms with Gasteiger partial charge in [0.25, 0.3) is 0 Å². The molecule has 0 saturated heterocycles. The van der Waals surface area contributed by atoms with Crippen molar-refractivity contribution in [2.24, 2.45) is 0 Å². The van der Waals surface area contributed by atoms with Gasteiger partial charge in [-0.15, -0.1) is 0 Å². The zero-order chi connectivity index (χ0) is 13.0. The third-order valence-corrected chi connectivity index (χ3v) is 4.03. The van der Waals surface area contributed by atoms with E-state index in [1.165, 1.54) is 42.6 Å². The van der Waals surface area contributed by atoms with E-state index in [0.29, 0.717) is 6.04 Å². The van der Waals surface area contributed by atoms with Gasteiger partial charge in [0, 0.05) is 18.3 Å². The van der Waals surface area contributed by atoms with Gasteiger partial charge in [-0.1, -0.05) is 25.5 Å². The van der Waals surface area contributed by atoms with Gasteiger partial charge in [-0.2, -0.15) is 0 Å². The lowest BCUT2D eigenvalue weighted by atomic mass is 10.0. The van der Waals surface area contributed by atoms with E-state index in [0.717, 1.165) is 13.0 Å². The monoisotopic (exact) mass is 246 g/mol. The average Bonchev–Trinajstić information content (AvgIpc) is 2.83. The zero-order valence-corrected chi connectivity index (χ0v) is 12.0. The molecule has 0 amide bonds. The van der Waals surface area contributed by atoms with E-state index in [1.54, 1.807) is 0 Å². The fraction of sp³-hybridized carbons (Fsp3) is 0.625. The quantitative estimate of drug-likeness (QED) is 0.828. The van der Waals surface area contributed by atoms with Gasteiger partial charge in [0.1, 0.15) is 0 Å². The van der Waals surface area contributed by atoms with Crippen molar-refractivity contribution in [3.63, 3.8) is 0 Å². The number of hydrogen-bond acceptors (Lipinski definition) is 2. The van der Waals surface area contributed by atoms with Crippen molar-refractivity contribution < 1.29 is 0 Å². The zero-order valence-electron chi connectivity index (χ0n) is 12.0. The van der Waals surface area contributed by atoms with Gasteiger partial charge in [-0.05, 0) is 57.0 Å². The first-order valence-electron chi connectivity index (χ1n) is 7.26. The van der Waals surface area contributed by atoms with Crippen molar-refractivity contribution in [3.8, 4) is 0 Å². The SMILES string of the molecule is CCCCN(C)C(C)Cc1ccc2c(c1)CCN2. The van der Waals surface area contributed by atoms with E-state index in [4.69, 9.17) is 0 Å². The molecule has 0 bridgehead atoms. The van der Waals surface area contributed by atoms with Crippen molar-refractivity contribution in [2.75, 3.05) is 25.5 Å². The molecule has 100 valence electrons. The molecule has 1 aromatic carbocycles. The largest absolute Gasteiger partial charge is 0.384 e. The molecule has 0 aliphatic carbocycles. The van der Waals surface area contributed by atoms with Crippen LogP contribution < -0.4 is 5.32 Å². The minimum Gasteiger partial charge on any atom is -0.384 e. The number of likely N-dealkylation sites (N-methyl/N-ethyl adjacent to an activating group) is 1. The van der Waals surface area contributed by atoms with E-state index < -0.39 is 0 Å². The Kier molecular flexibility index (Phi) is 4.65. The molecule has 0 fully saturated rings. The average molecular weight is 246 g/mol. The number of rotatable bonds is 6. The Balaban J connectivity index is 1.92. The lowest BCUT2D eigenvalue weighted by molar-refractivity contribution is 0.252. The molecule has 2 nitrogen and oxygen atoms in total. The van der Waals surface area contributed by atoms with Gasteiger partial charge in [-0.3, -0.25) is 0 Å². The summed E-state index contributed by atoms with van der Waals surface area (Å²) in [6.07, 6.45) is 4.92. The molecule has 1 heterocycles. The lowest BCUT2D eigenvalue weighted by Crippen LogP contribution is -2.31. The van der Waals surface area contributed by atoms with E-state index in [1.807, 2.05) is 0 Å². The molecule has 2 rings (SSSR count). The molecule has 2 heteroatoms. The second kappa shape index (κ2) is 6.24. The van der Waals surface area contributed by atoms with Crippen LogP contribution in [0.2, 0.25) is 0 Å². The van der Waals surface area contributed by atoms with Gasteiger partial charge in [0.2, 0.25) is 0 Å². The van der Waals surface area contributed by atoms with Gasteiger partial charge in [0.15, 0.2) is 0 Å². The highest BCUT2D eigenvalue weighted by Crippen LogP contribution is 2.23. The second-order valence-electron chi connectivity index (χ2n) is 5.56. The maximum Gasteiger partial charge on any atom is 0.0373 e. The van der Waals surface area contributed by atoms with E-state index in [2.05, 4.69) is 49.3 Å². The second-order valence-corrected chi connectivity index (χ2v) is 5.56. The van der Waals surface area contributed by atoms with Gasteiger partial charge in [0.05, 0.1) is 0 Å². The Hall–Kier alpha value is -1.02. The summed E-state index contributed by atoms with van der Waals surface area (Å²) in [5.41, 5.74) is 4.31. The van der Waals surface area contributed by atoms with Crippen molar-refractivity contribution in [1.29, 1.82) is 0 Å². The highest BCUT2D eigenvalue weighted by atomic mass is 15.1. The maximum atomic E-state index is 3.42. The van der Waals surface area contributed by atoms with Crippen molar-refractivity contribution in [1.82, 2.24) is 4.90 Å². The van der Waals surface area contributed by atoms with Crippen LogP contribution >= 0.6 is 0 Å². The Morgan fingerprint density at radius 2 is 2.22 bits per heavy atom. The number of nitrogens with zero attached hydrogens (tertiary/aromatic N) is 1. The third-order valence-electron chi connectivity index (χ3n) is 4.03. The number of hydrogen-bond donors (Lipinski definition) is 1. The normalized spacial score (nSPS) is 15.6. The minimum atomic E-state index is 0.629. The summed E-state index contributed by atoms with van der Waals surface area (Å²) in [4.78, 5) is 2.48. The molecule has 1 atom stereocenters. The number of unbranched alkanes of at least 4 members (excludes halogenated alkanes) is 1. The first-order valence-corrected chi connectivity index (χ1v) is 7.26. The molecule has 1 aliphatic rings. The van der Waals surface area contributed by atoms with Crippen LogP contribution in [0, 0.1) is 0 Å². The summed E-state index contributed by atoms with van der Waals surface area (Å²) >= 11 is 0. The molecular weight excluding hydrogens is 220 g/mol. The van der Waals surface area contributed by atoms with Crippen LogP contribution in [0.3, 0.4) is 0 Å². The Morgan fingerprint density at radius 3 is 3.00 bits per heavy atom. The molecule has 1 aliphatic heterocycles. The number of nitrogens with one attached hydrogen (secondary N) is 1. The summed E-state index contributed by atoms with van der Waals surface area (Å²) in [6.45, 7) is 6.90. The van der Waals surface area contributed by atoms with E-state index in [9.17, 15) is 0 Å². The summed E-state index contributed by atoms with van der Waals surface area (Å²) in [7, 11) is 2.25. The van der Waals surface area contributed by atoms with Crippen molar-refractivity contribution in [2.45, 2.75) is 45.6 Å². The molecule has 0 saturated carbocycles. The molecule has 0 radical (unpaired) electrons. The van der Waals surface area contributed by atoms with E-state index in [-0.39, 0.29) is 0 Å². The molecule has 0 spiro atoms. The number of fused-ring (bicyclic) bond motifs is 1. The summed E-state index contributed by atoms with van der Waals surface area (Å²) in [5, 5.41) is 3.42. The molecule has 1 N–H and O–H groups in total. The minimum absolute atomic E-state index is 0.629. The first-order chi connectivity index (χ1) is 8.70. The molecule has 1 aromatic rings. The van der Waals surface area contributed by atoms with Crippen molar-refractivity contribution in [3.05, 3.63) is 29.3 Å². The Morgan fingerprint density at radius 1 is 1.39 bits per heavy atom. The summed E-state index contributed by atoms with van der Waals surface area (Å²) in [5.74, 6) is 0. The summed E-state index contributed by atoms with van der Waals surface area (Å²) < 4.78 is 0. The van der Waals surface area contributed by atoms with Crippen LogP contribution in [0.15, 0.2) is 18.2 Å². The lowest BCUT2D eigenvalue weighted by Gasteiger charge is -2.24. The molecule has 1 unspecified atom stereocenters. The summed E-state index contributed by atoms with van der Waals surface area (Å²) in [6, 6.07) is 7.54. The van der Waals surface area contributed by atoms with Crippen LogP contribution in [0.1, 0.15) is 37.8 Å². The van der Waals surface area contributed by atoms with Crippen LogP contribution in [0.5, 0.6) is 0 Å². The highest BCUT2D eigenvalue weighted by Gasteiger charge is 2.13. The first kappa shape index (κ1) is 13.4. The van der Waals surface area contributed by atoms with Crippen LogP contribution in [-0.2, 0) is 12.8 Å². The van der Waals surface area contributed by atoms with E-state index >= 15 is 0 Å². The fourth-order valence-corrected chi connectivity index (χ4v) is 2.61. The van der Waals surface area contributed by atoms with Crippen LogP contribution in [-0.4, -0.2) is 31.1 Å². The number of anilines is 1. The molecule has 18 heavy (non-hydrogen) atoms. The third kappa shape index (κ3) is 3.26. The molecule has 0 aromatic heterocycles. The molecular formula is C16H26N2. The standard InChI is InChI=1S/C16H26N2/c1-4-5-10-18(3)13(2)11-14-6-7-16-15(12-14)8-9-17-16/h6-7,12-13,17H,4-5,8-11H2,1-3H3. The Labute approximate surface area is 111 Å². The topological polar surface area (TPSA) is 15.3 Å². The van der Waals surface area contributed by atoms with Gasteiger partial charge >= 0.3 is 0 Å².